The number of aromatic hydroxyl groups is 1. The molecule has 2 aromatic rings. The largest absolute Gasteiger partial charge is 0.505 e. The van der Waals surface area contributed by atoms with Gasteiger partial charge in [-0.1, -0.05) is 6.07 Å². The van der Waals surface area contributed by atoms with Crippen LogP contribution in [0.1, 0.15) is 10.5 Å². The molecule has 0 fully saturated rings. The van der Waals surface area contributed by atoms with Crippen LogP contribution in [0, 0.1) is 0 Å². The number of hydrogen-bond donors (Lipinski definition) is 3. The molecule has 0 unspecified atom stereocenters. The lowest BCUT2D eigenvalue weighted by molar-refractivity contribution is -0.135. The third kappa shape index (κ3) is 3.48. The molecule has 0 atom stereocenters. The smallest absolute Gasteiger partial charge is 0.322 e. The van der Waals surface area contributed by atoms with Crippen LogP contribution in [0.5, 0.6) is 11.6 Å². The van der Waals surface area contributed by atoms with E-state index in [-0.39, 0.29) is 11.4 Å². The van der Waals surface area contributed by atoms with Crippen molar-refractivity contribution in [2.45, 2.75) is 0 Å². The Kier molecular flexibility index (Phi) is 4.52. The van der Waals surface area contributed by atoms with Gasteiger partial charge in [-0.05, 0) is 18.2 Å². The highest BCUT2D eigenvalue weighted by molar-refractivity contribution is 5.96. The lowest BCUT2D eigenvalue weighted by Crippen LogP contribution is -2.30. The number of nitrogens with one attached hydrogen (secondary N) is 1. The van der Waals surface area contributed by atoms with Gasteiger partial charge in [-0.3, -0.25) is 9.59 Å². The number of carbonyl (C=O) groups is 2. The van der Waals surface area contributed by atoms with Crippen molar-refractivity contribution in [1.29, 1.82) is 0 Å². The number of aromatic nitrogens is 2. The van der Waals surface area contributed by atoms with E-state index in [2.05, 4.69) is 15.3 Å². The van der Waals surface area contributed by atoms with E-state index < -0.39 is 18.4 Å². The normalized spacial score (nSPS) is 10.0. The Morgan fingerprint density at radius 3 is 2.59 bits per heavy atom. The monoisotopic (exact) mass is 303 g/mol. The fraction of sp³-hybridized carbons (Fsp3) is 0.143. The zero-order valence-corrected chi connectivity index (χ0v) is 11.6. The average Bonchev–Trinajstić information content (AvgIpc) is 2.53. The highest BCUT2D eigenvalue weighted by atomic mass is 16.5. The second-order valence-electron chi connectivity index (χ2n) is 4.21. The molecule has 114 valence electrons. The lowest BCUT2D eigenvalue weighted by atomic mass is 10.2. The van der Waals surface area contributed by atoms with Crippen molar-refractivity contribution >= 4 is 11.9 Å². The van der Waals surface area contributed by atoms with Crippen LogP contribution < -0.4 is 10.1 Å². The minimum absolute atomic E-state index is 0.275. The molecule has 3 N–H and O–H groups in total. The topological polar surface area (TPSA) is 122 Å². The van der Waals surface area contributed by atoms with Crippen molar-refractivity contribution in [3.05, 3.63) is 36.0 Å². The first kappa shape index (κ1) is 15.2. The van der Waals surface area contributed by atoms with Crippen LogP contribution >= 0.6 is 0 Å². The first-order valence-corrected chi connectivity index (χ1v) is 6.22. The molecule has 0 bridgehead atoms. The summed E-state index contributed by atoms with van der Waals surface area (Å²) in [5.41, 5.74) is 0.521. The van der Waals surface area contributed by atoms with Crippen molar-refractivity contribution < 1.29 is 24.5 Å². The molecule has 0 spiro atoms. The molecule has 2 rings (SSSR count). The number of aliphatic carboxylic acids is 1. The first-order chi connectivity index (χ1) is 10.5. The molecule has 1 amide bonds. The van der Waals surface area contributed by atoms with Gasteiger partial charge in [0.1, 0.15) is 12.3 Å². The predicted octanol–water partition coefficient (Wildman–Crippen LogP) is 0.672. The van der Waals surface area contributed by atoms with Gasteiger partial charge in [0.2, 0.25) is 5.88 Å². The Bertz CT molecular complexity index is 717. The molecule has 0 aromatic carbocycles. The third-order valence-electron chi connectivity index (χ3n) is 2.68. The Morgan fingerprint density at radius 2 is 1.91 bits per heavy atom. The lowest BCUT2D eigenvalue weighted by Gasteiger charge is -2.07. The third-order valence-corrected chi connectivity index (χ3v) is 2.68. The highest BCUT2D eigenvalue weighted by Crippen LogP contribution is 2.22. The average molecular weight is 303 g/mol. The van der Waals surface area contributed by atoms with Crippen molar-refractivity contribution in [3.8, 4) is 23.0 Å². The van der Waals surface area contributed by atoms with Crippen molar-refractivity contribution in [1.82, 2.24) is 15.3 Å². The molecule has 0 aliphatic rings. The number of carboxylic acid groups (broad SMARTS) is 1. The molecule has 2 aromatic heterocycles. The summed E-state index contributed by atoms with van der Waals surface area (Å²) in [7, 11) is 1.47. The molecule has 0 radical (unpaired) electrons. The standard InChI is InChI=1S/C14H13N3O5/c1-22-11-4-2-3-8(16-11)9-5-6-10(18)13(17-9)14(21)15-7-12(19)20/h2-6,18H,7H2,1H3,(H,15,21)(H,19,20). The molecule has 8 heteroatoms. The number of nitrogens with zero attached hydrogens (tertiary/aromatic N) is 2. The van der Waals surface area contributed by atoms with Crippen LogP contribution in [0.4, 0.5) is 0 Å². The van der Waals surface area contributed by atoms with Gasteiger partial charge in [0.25, 0.3) is 5.91 Å². The van der Waals surface area contributed by atoms with E-state index in [1.807, 2.05) is 0 Å². The summed E-state index contributed by atoms with van der Waals surface area (Å²) in [5.74, 6) is -1.96. The van der Waals surface area contributed by atoms with Crippen LogP contribution in [0.3, 0.4) is 0 Å². The number of methoxy groups -OCH3 is 1. The summed E-state index contributed by atoms with van der Waals surface area (Å²) in [6.45, 7) is -0.568. The SMILES string of the molecule is COc1cccc(-c2ccc(O)c(C(=O)NCC(=O)O)n2)n1. The quantitative estimate of drug-likeness (QED) is 0.742. The number of hydrogen-bond acceptors (Lipinski definition) is 6. The second kappa shape index (κ2) is 6.53. The summed E-state index contributed by atoms with van der Waals surface area (Å²) in [5, 5.41) is 20.4. The maximum atomic E-state index is 11.8. The van der Waals surface area contributed by atoms with E-state index in [9.17, 15) is 14.7 Å². The molecule has 8 nitrogen and oxygen atoms in total. The molecular formula is C14H13N3O5. The minimum atomic E-state index is -1.20. The van der Waals surface area contributed by atoms with Crippen LogP contribution in [0.15, 0.2) is 30.3 Å². The van der Waals surface area contributed by atoms with Gasteiger partial charge >= 0.3 is 5.97 Å². The van der Waals surface area contributed by atoms with Crippen molar-refractivity contribution in [2.75, 3.05) is 13.7 Å². The number of carbonyl (C=O) groups excluding carboxylic acids is 1. The summed E-state index contributed by atoms with van der Waals surface area (Å²) < 4.78 is 5.01. The maximum Gasteiger partial charge on any atom is 0.322 e. The second-order valence-corrected chi connectivity index (χ2v) is 4.21. The van der Waals surface area contributed by atoms with Gasteiger partial charge in [0.15, 0.2) is 5.69 Å². The van der Waals surface area contributed by atoms with Crippen LogP contribution in [0.25, 0.3) is 11.4 Å². The molecule has 0 saturated heterocycles. The number of pyridine rings is 2. The van der Waals surface area contributed by atoms with Crippen molar-refractivity contribution in [3.63, 3.8) is 0 Å². The van der Waals surface area contributed by atoms with E-state index in [4.69, 9.17) is 9.84 Å². The van der Waals surface area contributed by atoms with E-state index in [0.29, 0.717) is 17.3 Å². The molecule has 0 aliphatic carbocycles. The number of rotatable bonds is 5. The Hall–Kier alpha value is -3.16. The van der Waals surface area contributed by atoms with E-state index in [1.165, 1.54) is 19.2 Å². The minimum Gasteiger partial charge on any atom is -0.505 e. The van der Waals surface area contributed by atoms with Gasteiger partial charge in [0, 0.05) is 6.07 Å². The van der Waals surface area contributed by atoms with Crippen LogP contribution in [-0.2, 0) is 4.79 Å². The van der Waals surface area contributed by atoms with Gasteiger partial charge in [-0.2, -0.15) is 0 Å². The highest BCUT2D eigenvalue weighted by Gasteiger charge is 2.16. The van der Waals surface area contributed by atoms with Crippen molar-refractivity contribution in [2.24, 2.45) is 0 Å². The number of carboxylic acids is 1. The van der Waals surface area contributed by atoms with E-state index in [0.717, 1.165) is 0 Å². The zero-order chi connectivity index (χ0) is 16.1. The Balaban J connectivity index is 2.33. The number of ether oxygens (including phenoxy) is 1. The predicted molar refractivity (Wildman–Crippen MR) is 75.7 cm³/mol. The summed E-state index contributed by atoms with van der Waals surface area (Å²) in [6, 6.07) is 7.81. The summed E-state index contributed by atoms with van der Waals surface area (Å²) >= 11 is 0. The van der Waals surface area contributed by atoms with Gasteiger partial charge in [-0.15, -0.1) is 0 Å². The van der Waals surface area contributed by atoms with E-state index >= 15 is 0 Å². The van der Waals surface area contributed by atoms with Crippen LogP contribution in [0.2, 0.25) is 0 Å². The molecule has 0 aliphatic heterocycles. The van der Waals surface area contributed by atoms with Gasteiger partial charge < -0.3 is 20.3 Å². The first-order valence-electron chi connectivity index (χ1n) is 6.22. The fourth-order valence-electron chi connectivity index (χ4n) is 1.67. The number of amides is 1. The molecule has 2 heterocycles. The molecule has 22 heavy (non-hydrogen) atoms. The van der Waals surface area contributed by atoms with Gasteiger partial charge in [-0.25, -0.2) is 9.97 Å². The summed E-state index contributed by atoms with van der Waals surface area (Å²) in [4.78, 5) is 30.5. The fourth-order valence-corrected chi connectivity index (χ4v) is 1.67. The van der Waals surface area contributed by atoms with Gasteiger partial charge in [0.05, 0.1) is 18.5 Å². The Morgan fingerprint density at radius 1 is 1.18 bits per heavy atom. The molecular weight excluding hydrogens is 290 g/mol. The van der Waals surface area contributed by atoms with E-state index in [1.54, 1.807) is 18.2 Å². The maximum absolute atomic E-state index is 11.8. The zero-order valence-electron chi connectivity index (χ0n) is 11.6. The summed E-state index contributed by atoms with van der Waals surface area (Å²) in [6.07, 6.45) is 0. The Labute approximate surface area is 125 Å². The van der Waals surface area contributed by atoms with Crippen LogP contribution in [-0.4, -0.2) is 45.7 Å². The molecule has 0 saturated carbocycles.